The first-order valence-electron chi connectivity index (χ1n) is 5.66. The fourth-order valence-electron chi connectivity index (χ4n) is 1.68. The molecule has 0 saturated heterocycles. The highest BCUT2D eigenvalue weighted by atomic mass is 19.4. The van der Waals surface area contributed by atoms with Crippen molar-refractivity contribution in [1.82, 2.24) is 5.32 Å². The number of halogens is 4. The Morgan fingerprint density at radius 2 is 1.72 bits per heavy atom. The maximum atomic E-state index is 13.1. The van der Waals surface area contributed by atoms with Crippen molar-refractivity contribution in [3.05, 3.63) is 35.1 Å². The average molecular weight is 263 g/mol. The van der Waals surface area contributed by atoms with E-state index in [0.717, 1.165) is 5.56 Å². The Morgan fingerprint density at radius 3 is 2.22 bits per heavy atom. The summed E-state index contributed by atoms with van der Waals surface area (Å²) in [7, 11) is 0. The summed E-state index contributed by atoms with van der Waals surface area (Å²) in [5.74, 6) is -0.308. The van der Waals surface area contributed by atoms with Crippen LogP contribution in [0.2, 0.25) is 0 Å². The summed E-state index contributed by atoms with van der Waals surface area (Å²) >= 11 is 0. The van der Waals surface area contributed by atoms with Crippen LogP contribution in [-0.4, -0.2) is 19.3 Å². The minimum absolute atomic E-state index is 0.178. The fourth-order valence-corrected chi connectivity index (χ4v) is 1.68. The van der Waals surface area contributed by atoms with E-state index in [9.17, 15) is 17.6 Å². The molecule has 0 aliphatic rings. The Kier molecular flexibility index (Phi) is 4.37. The number of hydrogen-bond acceptors (Lipinski definition) is 1. The van der Waals surface area contributed by atoms with Crippen LogP contribution in [0, 0.1) is 12.7 Å². The summed E-state index contributed by atoms with van der Waals surface area (Å²) in [6.07, 6.45) is -4.21. The van der Waals surface area contributed by atoms with Crippen LogP contribution in [0.3, 0.4) is 0 Å². The van der Waals surface area contributed by atoms with Gasteiger partial charge in [-0.15, -0.1) is 0 Å². The van der Waals surface area contributed by atoms with Crippen molar-refractivity contribution >= 4 is 0 Å². The lowest BCUT2D eigenvalue weighted by atomic mass is 9.84. The largest absolute Gasteiger partial charge is 0.401 e. The molecule has 0 aromatic heterocycles. The number of rotatable bonds is 4. The molecular weight excluding hydrogens is 246 g/mol. The Hall–Kier alpha value is -1.10. The molecule has 1 aromatic carbocycles. The van der Waals surface area contributed by atoms with Crippen molar-refractivity contribution in [2.75, 3.05) is 13.1 Å². The van der Waals surface area contributed by atoms with Gasteiger partial charge in [0.05, 0.1) is 6.54 Å². The van der Waals surface area contributed by atoms with E-state index in [0.29, 0.717) is 5.56 Å². The van der Waals surface area contributed by atoms with Crippen molar-refractivity contribution in [3.63, 3.8) is 0 Å². The lowest BCUT2D eigenvalue weighted by molar-refractivity contribution is -0.125. The number of aryl methyl sites for hydroxylation is 1. The Morgan fingerprint density at radius 1 is 1.11 bits per heavy atom. The quantitative estimate of drug-likeness (QED) is 0.819. The van der Waals surface area contributed by atoms with E-state index < -0.39 is 18.1 Å². The molecule has 0 radical (unpaired) electrons. The summed E-state index contributed by atoms with van der Waals surface area (Å²) < 4.78 is 49.2. The first-order valence-corrected chi connectivity index (χ1v) is 5.66. The van der Waals surface area contributed by atoms with Crippen LogP contribution in [0.15, 0.2) is 18.2 Å². The van der Waals surface area contributed by atoms with E-state index in [-0.39, 0.29) is 12.4 Å². The van der Waals surface area contributed by atoms with Gasteiger partial charge in [0.25, 0.3) is 0 Å². The van der Waals surface area contributed by atoms with Gasteiger partial charge < -0.3 is 5.32 Å². The summed E-state index contributed by atoms with van der Waals surface area (Å²) in [6, 6.07) is 4.62. The van der Waals surface area contributed by atoms with Crippen LogP contribution in [0.1, 0.15) is 25.0 Å². The van der Waals surface area contributed by atoms with Crippen molar-refractivity contribution in [3.8, 4) is 0 Å². The van der Waals surface area contributed by atoms with Gasteiger partial charge in [0.15, 0.2) is 0 Å². The van der Waals surface area contributed by atoms with Crippen LogP contribution in [0.25, 0.3) is 0 Å². The first kappa shape index (κ1) is 15.0. The second-order valence-corrected chi connectivity index (χ2v) is 5.07. The lowest BCUT2D eigenvalue weighted by Crippen LogP contribution is -2.38. The van der Waals surface area contributed by atoms with E-state index in [1.54, 1.807) is 19.1 Å². The first-order chi connectivity index (χ1) is 8.12. The third-order valence-electron chi connectivity index (χ3n) is 2.83. The van der Waals surface area contributed by atoms with Gasteiger partial charge in [0.1, 0.15) is 5.82 Å². The minimum Gasteiger partial charge on any atom is -0.308 e. The number of nitrogens with one attached hydrogen (secondary N) is 1. The summed E-state index contributed by atoms with van der Waals surface area (Å²) in [4.78, 5) is 0. The zero-order valence-electron chi connectivity index (χ0n) is 10.7. The Bertz CT molecular complexity index is 410. The second kappa shape index (κ2) is 5.26. The van der Waals surface area contributed by atoms with Gasteiger partial charge in [-0.1, -0.05) is 26.0 Å². The van der Waals surface area contributed by atoms with E-state index in [2.05, 4.69) is 5.32 Å². The standard InChI is InChI=1S/C13H17F4N/c1-9-6-10(4-5-11(9)14)12(2,3)7-18-8-13(15,16)17/h4-6,18H,7-8H2,1-3H3. The SMILES string of the molecule is Cc1cc(C(C)(C)CNCC(F)(F)F)ccc1F. The van der Waals surface area contributed by atoms with Crippen molar-refractivity contribution in [2.45, 2.75) is 32.4 Å². The highest BCUT2D eigenvalue weighted by Gasteiger charge is 2.28. The molecule has 18 heavy (non-hydrogen) atoms. The molecule has 0 aliphatic heterocycles. The molecule has 0 heterocycles. The fraction of sp³-hybridized carbons (Fsp3) is 0.538. The molecule has 0 spiro atoms. The van der Waals surface area contributed by atoms with Crippen LogP contribution in [-0.2, 0) is 5.41 Å². The van der Waals surface area contributed by atoms with Crippen LogP contribution >= 0.6 is 0 Å². The predicted molar refractivity (Wildman–Crippen MR) is 63.1 cm³/mol. The minimum atomic E-state index is -4.21. The molecule has 0 aliphatic carbocycles. The van der Waals surface area contributed by atoms with Crippen molar-refractivity contribution < 1.29 is 17.6 Å². The van der Waals surface area contributed by atoms with Gasteiger partial charge in [-0.25, -0.2) is 4.39 Å². The van der Waals surface area contributed by atoms with Crippen LogP contribution < -0.4 is 5.32 Å². The molecule has 0 fully saturated rings. The van der Waals surface area contributed by atoms with E-state index in [1.165, 1.54) is 6.07 Å². The summed E-state index contributed by atoms with van der Waals surface area (Å²) in [5, 5.41) is 2.38. The monoisotopic (exact) mass is 263 g/mol. The maximum absolute atomic E-state index is 13.1. The van der Waals surface area contributed by atoms with Crippen LogP contribution in [0.5, 0.6) is 0 Å². The molecule has 5 heteroatoms. The lowest BCUT2D eigenvalue weighted by Gasteiger charge is -2.26. The average Bonchev–Trinajstić information content (AvgIpc) is 2.19. The highest BCUT2D eigenvalue weighted by Crippen LogP contribution is 2.24. The van der Waals surface area contributed by atoms with E-state index in [4.69, 9.17) is 0 Å². The molecule has 102 valence electrons. The Labute approximate surface area is 104 Å². The molecule has 0 unspecified atom stereocenters. The topological polar surface area (TPSA) is 12.0 Å². The van der Waals surface area contributed by atoms with Gasteiger partial charge >= 0.3 is 6.18 Å². The number of benzene rings is 1. The number of hydrogen-bond donors (Lipinski definition) is 1. The zero-order chi connectivity index (χ0) is 14.0. The maximum Gasteiger partial charge on any atom is 0.401 e. The van der Waals surface area contributed by atoms with E-state index >= 15 is 0 Å². The van der Waals surface area contributed by atoms with E-state index in [1.807, 2.05) is 13.8 Å². The summed E-state index contributed by atoms with van der Waals surface area (Å²) in [6.45, 7) is 4.44. The molecular formula is C13H17F4N. The Balaban J connectivity index is 2.70. The van der Waals surface area contributed by atoms with Gasteiger partial charge in [-0.2, -0.15) is 13.2 Å². The number of alkyl halides is 3. The van der Waals surface area contributed by atoms with Gasteiger partial charge in [0.2, 0.25) is 0 Å². The molecule has 1 N–H and O–H groups in total. The van der Waals surface area contributed by atoms with Crippen molar-refractivity contribution in [1.29, 1.82) is 0 Å². The molecule has 1 nitrogen and oxygen atoms in total. The zero-order valence-corrected chi connectivity index (χ0v) is 10.7. The van der Waals surface area contributed by atoms with Gasteiger partial charge in [-0.3, -0.25) is 0 Å². The van der Waals surface area contributed by atoms with Crippen molar-refractivity contribution in [2.24, 2.45) is 0 Å². The molecule has 0 saturated carbocycles. The summed E-state index contributed by atoms with van der Waals surface area (Å²) in [5.41, 5.74) is 0.830. The smallest absolute Gasteiger partial charge is 0.308 e. The molecule has 1 rings (SSSR count). The normalized spacial score (nSPS) is 12.8. The third kappa shape index (κ3) is 4.29. The molecule has 0 atom stereocenters. The predicted octanol–water partition coefficient (Wildman–Crippen LogP) is 3.56. The van der Waals surface area contributed by atoms with Crippen LogP contribution in [0.4, 0.5) is 17.6 Å². The third-order valence-corrected chi connectivity index (χ3v) is 2.83. The molecule has 1 aromatic rings. The highest BCUT2D eigenvalue weighted by molar-refractivity contribution is 5.29. The second-order valence-electron chi connectivity index (χ2n) is 5.07. The van der Waals surface area contributed by atoms with Gasteiger partial charge in [-0.05, 0) is 24.1 Å². The molecule has 0 amide bonds. The molecule has 0 bridgehead atoms. The van der Waals surface area contributed by atoms with Gasteiger partial charge in [0, 0.05) is 12.0 Å².